The molecule has 0 bridgehead atoms. The van der Waals surface area contributed by atoms with Crippen molar-refractivity contribution in [2.45, 2.75) is 33.2 Å². The van der Waals surface area contributed by atoms with Gasteiger partial charge in [-0.05, 0) is 37.6 Å². The van der Waals surface area contributed by atoms with Crippen molar-refractivity contribution in [1.82, 2.24) is 10.6 Å². The minimum absolute atomic E-state index is 0.00459. The predicted octanol–water partition coefficient (Wildman–Crippen LogP) is 2.18. The van der Waals surface area contributed by atoms with E-state index in [0.29, 0.717) is 19.1 Å². The van der Waals surface area contributed by atoms with Crippen molar-refractivity contribution < 1.29 is 9.53 Å². The van der Waals surface area contributed by atoms with Gasteiger partial charge in [0.1, 0.15) is 5.75 Å². The molecule has 0 aliphatic heterocycles. The Hall–Kier alpha value is -1.55. The van der Waals surface area contributed by atoms with E-state index >= 15 is 0 Å². The van der Waals surface area contributed by atoms with Gasteiger partial charge in [-0.2, -0.15) is 0 Å². The fourth-order valence-electron chi connectivity index (χ4n) is 1.91. The fourth-order valence-corrected chi connectivity index (χ4v) is 1.91. The summed E-state index contributed by atoms with van der Waals surface area (Å²) in [6, 6.07) is 6.50. The first kappa shape index (κ1) is 15.5. The monoisotopic (exact) mass is 264 g/mol. The van der Waals surface area contributed by atoms with Gasteiger partial charge in [-0.25, -0.2) is 0 Å². The van der Waals surface area contributed by atoms with Crippen LogP contribution in [0.1, 0.15) is 37.4 Å². The molecule has 0 spiro atoms. The number of aryl methyl sites for hydroxylation is 1. The molecule has 19 heavy (non-hydrogen) atoms. The van der Waals surface area contributed by atoms with Crippen LogP contribution in [0.2, 0.25) is 0 Å². The molecular formula is C15H24N2O2. The summed E-state index contributed by atoms with van der Waals surface area (Å²) in [5, 5.41) is 5.96. The quantitative estimate of drug-likeness (QED) is 0.793. The van der Waals surface area contributed by atoms with Crippen LogP contribution in [0.25, 0.3) is 0 Å². The maximum atomic E-state index is 11.1. The fraction of sp³-hybridized carbons (Fsp3) is 0.533. The van der Waals surface area contributed by atoms with E-state index in [9.17, 15) is 4.79 Å². The maximum Gasteiger partial charge on any atom is 0.223 e. The molecule has 1 amide bonds. The van der Waals surface area contributed by atoms with E-state index in [0.717, 1.165) is 17.9 Å². The van der Waals surface area contributed by atoms with Gasteiger partial charge in [-0.15, -0.1) is 0 Å². The number of carbonyl (C=O) groups is 1. The van der Waals surface area contributed by atoms with Crippen LogP contribution in [0.3, 0.4) is 0 Å². The van der Waals surface area contributed by atoms with Gasteiger partial charge >= 0.3 is 0 Å². The van der Waals surface area contributed by atoms with Gasteiger partial charge in [0.05, 0.1) is 13.0 Å². The predicted molar refractivity (Wildman–Crippen MR) is 77.4 cm³/mol. The normalized spacial score (nSPS) is 12.0. The van der Waals surface area contributed by atoms with E-state index in [4.69, 9.17) is 4.74 Å². The van der Waals surface area contributed by atoms with Crippen molar-refractivity contribution in [2.75, 3.05) is 20.2 Å². The van der Waals surface area contributed by atoms with Crippen LogP contribution in [-0.4, -0.2) is 26.1 Å². The van der Waals surface area contributed by atoms with Gasteiger partial charge in [0.2, 0.25) is 5.91 Å². The Labute approximate surface area is 115 Å². The average Bonchev–Trinajstić information content (AvgIpc) is 2.40. The molecule has 1 unspecified atom stereocenters. The summed E-state index contributed by atoms with van der Waals surface area (Å²) in [6.45, 7) is 7.62. The molecule has 0 aliphatic rings. The average molecular weight is 264 g/mol. The van der Waals surface area contributed by atoms with Gasteiger partial charge < -0.3 is 15.4 Å². The van der Waals surface area contributed by atoms with Gasteiger partial charge in [0.15, 0.2) is 0 Å². The number of carbonyl (C=O) groups excluding carboxylic acids is 1. The summed E-state index contributed by atoms with van der Waals surface area (Å²) < 4.78 is 5.62. The summed E-state index contributed by atoms with van der Waals surface area (Å²) in [5.41, 5.74) is 2.34. The molecule has 1 atom stereocenters. The third-order valence-corrected chi connectivity index (χ3v) is 3.07. The minimum atomic E-state index is -0.00459. The molecule has 0 aliphatic carbocycles. The first-order valence-corrected chi connectivity index (χ1v) is 6.75. The number of rotatable bonds is 7. The highest BCUT2D eigenvalue weighted by Crippen LogP contribution is 2.22. The Kier molecular flexibility index (Phi) is 6.36. The SMILES string of the molecule is CCNC(C)c1ccc(OCCC(=O)NC)c(C)c1. The van der Waals surface area contributed by atoms with Crippen LogP contribution >= 0.6 is 0 Å². The van der Waals surface area contributed by atoms with E-state index in [1.165, 1.54) is 5.56 Å². The van der Waals surface area contributed by atoms with Gasteiger partial charge in [-0.3, -0.25) is 4.79 Å². The number of ether oxygens (including phenoxy) is 1. The lowest BCUT2D eigenvalue weighted by Crippen LogP contribution is -2.20. The number of amides is 1. The van der Waals surface area contributed by atoms with E-state index < -0.39 is 0 Å². The van der Waals surface area contributed by atoms with Crippen molar-refractivity contribution in [3.05, 3.63) is 29.3 Å². The summed E-state index contributed by atoms with van der Waals surface area (Å²) >= 11 is 0. The van der Waals surface area contributed by atoms with Crippen molar-refractivity contribution in [3.63, 3.8) is 0 Å². The van der Waals surface area contributed by atoms with Gasteiger partial charge in [0, 0.05) is 13.1 Å². The minimum Gasteiger partial charge on any atom is -0.493 e. The van der Waals surface area contributed by atoms with E-state index in [2.05, 4.69) is 36.6 Å². The number of hydrogen-bond acceptors (Lipinski definition) is 3. The highest BCUT2D eigenvalue weighted by atomic mass is 16.5. The molecule has 1 rings (SSSR count). The van der Waals surface area contributed by atoms with Crippen LogP contribution in [0, 0.1) is 6.92 Å². The van der Waals surface area contributed by atoms with E-state index in [-0.39, 0.29) is 5.91 Å². The van der Waals surface area contributed by atoms with Crippen LogP contribution in [0.15, 0.2) is 18.2 Å². The number of hydrogen-bond donors (Lipinski definition) is 2. The van der Waals surface area contributed by atoms with Crippen molar-refractivity contribution in [2.24, 2.45) is 0 Å². The second-order valence-corrected chi connectivity index (χ2v) is 4.58. The molecular weight excluding hydrogens is 240 g/mol. The Morgan fingerprint density at radius 1 is 1.42 bits per heavy atom. The molecule has 0 aromatic heterocycles. The standard InChI is InChI=1S/C15H24N2O2/c1-5-17-12(3)13-6-7-14(11(2)10-13)19-9-8-15(18)16-4/h6-7,10,12,17H,5,8-9H2,1-4H3,(H,16,18). The molecule has 0 radical (unpaired) electrons. The molecule has 0 heterocycles. The summed E-state index contributed by atoms with van der Waals surface area (Å²) in [5.74, 6) is 0.839. The lowest BCUT2D eigenvalue weighted by atomic mass is 10.1. The molecule has 1 aromatic rings. The summed E-state index contributed by atoms with van der Waals surface area (Å²) in [4.78, 5) is 11.1. The van der Waals surface area contributed by atoms with Crippen molar-refractivity contribution in [3.8, 4) is 5.75 Å². The van der Waals surface area contributed by atoms with Crippen LogP contribution in [0.5, 0.6) is 5.75 Å². The largest absolute Gasteiger partial charge is 0.493 e. The third kappa shape index (κ3) is 4.91. The van der Waals surface area contributed by atoms with E-state index in [1.807, 2.05) is 13.0 Å². The molecule has 1 aromatic carbocycles. The molecule has 2 N–H and O–H groups in total. The third-order valence-electron chi connectivity index (χ3n) is 3.07. The Balaban J connectivity index is 2.59. The van der Waals surface area contributed by atoms with Crippen LogP contribution in [-0.2, 0) is 4.79 Å². The topological polar surface area (TPSA) is 50.4 Å². The lowest BCUT2D eigenvalue weighted by Gasteiger charge is -2.15. The number of benzene rings is 1. The van der Waals surface area contributed by atoms with Crippen LogP contribution < -0.4 is 15.4 Å². The van der Waals surface area contributed by atoms with E-state index in [1.54, 1.807) is 7.05 Å². The van der Waals surface area contributed by atoms with Crippen molar-refractivity contribution in [1.29, 1.82) is 0 Å². The molecule has 0 saturated carbocycles. The molecule has 106 valence electrons. The molecule has 0 saturated heterocycles. The second-order valence-electron chi connectivity index (χ2n) is 4.58. The Morgan fingerprint density at radius 2 is 2.16 bits per heavy atom. The zero-order valence-corrected chi connectivity index (χ0v) is 12.2. The van der Waals surface area contributed by atoms with Crippen molar-refractivity contribution >= 4 is 5.91 Å². The maximum absolute atomic E-state index is 11.1. The summed E-state index contributed by atoms with van der Waals surface area (Å²) in [7, 11) is 1.63. The Morgan fingerprint density at radius 3 is 2.74 bits per heavy atom. The first-order valence-electron chi connectivity index (χ1n) is 6.75. The van der Waals surface area contributed by atoms with Gasteiger partial charge in [0.25, 0.3) is 0 Å². The highest BCUT2D eigenvalue weighted by Gasteiger charge is 2.07. The van der Waals surface area contributed by atoms with Gasteiger partial charge in [-0.1, -0.05) is 19.1 Å². The lowest BCUT2D eigenvalue weighted by molar-refractivity contribution is -0.121. The Bertz CT molecular complexity index is 419. The van der Waals surface area contributed by atoms with Crippen LogP contribution in [0.4, 0.5) is 0 Å². The number of nitrogens with one attached hydrogen (secondary N) is 2. The molecule has 4 nitrogen and oxygen atoms in total. The molecule has 0 fully saturated rings. The molecule has 4 heteroatoms. The zero-order chi connectivity index (χ0) is 14.3. The highest BCUT2D eigenvalue weighted by molar-refractivity contribution is 5.75. The zero-order valence-electron chi connectivity index (χ0n) is 12.2. The smallest absolute Gasteiger partial charge is 0.223 e. The first-order chi connectivity index (χ1) is 9.08. The second kappa shape index (κ2) is 7.79. The summed E-state index contributed by atoms with van der Waals surface area (Å²) in [6.07, 6.45) is 0.380.